The monoisotopic (exact) mass is 277 g/mol. The minimum atomic E-state index is 0.449. The fourth-order valence-electron chi connectivity index (χ4n) is 3.02. The number of benzene rings is 1. The van der Waals surface area contributed by atoms with Crippen molar-refractivity contribution in [1.82, 2.24) is 5.32 Å². The lowest BCUT2D eigenvalue weighted by Crippen LogP contribution is -2.41. The van der Waals surface area contributed by atoms with Gasteiger partial charge in [-0.15, -0.1) is 0 Å². The Morgan fingerprint density at radius 3 is 2.95 bits per heavy atom. The third kappa shape index (κ3) is 3.53. The third-order valence-electron chi connectivity index (χ3n) is 4.19. The van der Waals surface area contributed by atoms with Crippen molar-refractivity contribution < 1.29 is 9.47 Å². The number of rotatable bonds is 8. The lowest BCUT2D eigenvalue weighted by atomic mass is 9.84. The summed E-state index contributed by atoms with van der Waals surface area (Å²) in [4.78, 5) is 0. The second-order valence-electron chi connectivity index (χ2n) is 5.69. The first kappa shape index (κ1) is 15.3. The molecule has 3 heteroatoms. The highest BCUT2D eigenvalue weighted by atomic mass is 16.5. The Labute approximate surface area is 122 Å². The molecule has 0 fully saturated rings. The zero-order chi connectivity index (χ0) is 14.4. The van der Waals surface area contributed by atoms with Crippen molar-refractivity contribution in [3.8, 4) is 5.75 Å². The van der Waals surface area contributed by atoms with E-state index in [0.717, 1.165) is 38.3 Å². The molecule has 0 saturated carbocycles. The average molecular weight is 277 g/mol. The molecule has 112 valence electrons. The summed E-state index contributed by atoms with van der Waals surface area (Å²) >= 11 is 0. The van der Waals surface area contributed by atoms with Crippen LogP contribution in [-0.2, 0) is 4.74 Å². The molecule has 0 radical (unpaired) electrons. The Bertz CT molecular complexity index is 408. The van der Waals surface area contributed by atoms with E-state index in [-0.39, 0.29) is 0 Å². The van der Waals surface area contributed by atoms with Crippen LogP contribution in [0.5, 0.6) is 5.75 Å². The van der Waals surface area contributed by atoms with Gasteiger partial charge >= 0.3 is 0 Å². The molecule has 0 saturated heterocycles. The average Bonchev–Trinajstić information content (AvgIpc) is 2.89. The van der Waals surface area contributed by atoms with Crippen LogP contribution >= 0.6 is 0 Å². The number of nitrogens with one attached hydrogen (secondary N) is 1. The van der Waals surface area contributed by atoms with Gasteiger partial charge in [-0.1, -0.05) is 32.0 Å². The highest BCUT2D eigenvalue weighted by Gasteiger charge is 2.33. The second-order valence-corrected chi connectivity index (χ2v) is 5.69. The van der Waals surface area contributed by atoms with E-state index in [4.69, 9.17) is 9.47 Å². The summed E-state index contributed by atoms with van der Waals surface area (Å²) in [7, 11) is 1.77. The van der Waals surface area contributed by atoms with Crippen LogP contribution in [0.3, 0.4) is 0 Å². The standard InChI is InChI=1S/C17H27NO2/c1-4-10-18-17(13(2)9-11-19-3)15-12-20-16-8-6-5-7-14(15)16/h5-8,13,15,17-18H,4,9-12H2,1-3H3. The molecule has 1 aromatic rings. The largest absolute Gasteiger partial charge is 0.493 e. The molecule has 3 nitrogen and oxygen atoms in total. The number of hydrogen-bond acceptors (Lipinski definition) is 3. The first-order valence-corrected chi connectivity index (χ1v) is 7.72. The fourth-order valence-corrected chi connectivity index (χ4v) is 3.02. The molecule has 0 bridgehead atoms. The summed E-state index contributed by atoms with van der Waals surface area (Å²) in [5.74, 6) is 2.07. The Hall–Kier alpha value is -1.06. The fraction of sp³-hybridized carbons (Fsp3) is 0.647. The van der Waals surface area contributed by atoms with Crippen molar-refractivity contribution in [2.75, 3.05) is 26.9 Å². The van der Waals surface area contributed by atoms with Gasteiger partial charge in [-0.25, -0.2) is 0 Å². The topological polar surface area (TPSA) is 30.5 Å². The molecule has 2 rings (SSSR count). The molecule has 1 heterocycles. The molecule has 3 atom stereocenters. The highest BCUT2D eigenvalue weighted by Crippen LogP contribution is 2.38. The number of hydrogen-bond donors (Lipinski definition) is 1. The molecular formula is C17H27NO2. The molecule has 0 amide bonds. The molecule has 1 aromatic carbocycles. The van der Waals surface area contributed by atoms with Gasteiger partial charge in [0.25, 0.3) is 0 Å². The maximum absolute atomic E-state index is 5.86. The zero-order valence-electron chi connectivity index (χ0n) is 12.9. The SMILES string of the molecule is CCCNC(C(C)CCOC)C1COc2ccccc21. The molecule has 1 aliphatic rings. The molecule has 1 aliphatic heterocycles. The van der Waals surface area contributed by atoms with Crippen LogP contribution in [0.15, 0.2) is 24.3 Å². The quantitative estimate of drug-likeness (QED) is 0.791. The smallest absolute Gasteiger partial charge is 0.122 e. The van der Waals surface area contributed by atoms with Gasteiger partial charge in [0.15, 0.2) is 0 Å². The summed E-state index contributed by atoms with van der Waals surface area (Å²) in [5, 5.41) is 3.73. The van der Waals surface area contributed by atoms with Crippen LogP contribution in [0.1, 0.15) is 38.2 Å². The molecule has 1 N–H and O–H groups in total. The Morgan fingerprint density at radius 2 is 2.20 bits per heavy atom. The van der Waals surface area contributed by atoms with Gasteiger partial charge in [0, 0.05) is 31.2 Å². The predicted molar refractivity (Wildman–Crippen MR) is 82.4 cm³/mol. The van der Waals surface area contributed by atoms with Crippen molar-refractivity contribution in [2.24, 2.45) is 5.92 Å². The van der Waals surface area contributed by atoms with E-state index in [1.807, 2.05) is 6.07 Å². The van der Waals surface area contributed by atoms with E-state index in [1.54, 1.807) is 7.11 Å². The maximum atomic E-state index is 5.86. The van der Waals surface area contributed by atoms with Gasteiger partial charge in [0.1, 0.15) is 5.75 Å². The maximum Gasteiger partial charge on any atom is 0.122 e. The molecule has 0 aliphatic carbocycles. The van der Waals surface area contributed by atoms with E-state index >= 15 is 0 Å². The molecular weight excluding hydrogens is 250 g/mol. The third-order valence-corrected chi connectivity index (χ3v) is 4.19. The van der Waals surface area contributed by atoms with Crippen molar-refractivity contribution >= 4 is 0 Å². The second kappa shape index (κ2) is 7.65. The van der Waals surface area contributed by atoms with Crippen molar-refractivity contribution in [3.05, 3.63) is 29.8 Å². The van der Waals surface area contributed by atoms with Crippen molar-refractivity contribution in [3.63, 3.8) is 0 Å². The molecule has 0 aromatic heterocycles. The van der Waals surface area contributed by atoms with Crippen LogP contribution in [0.4, 0.5) is 0 Å². The van der Waals surface area contributed by atoms with E-state index < -0.39 is 0 Å². The first-order valence-electron chi connectivity index (χ1n) is 7.72. The Balaban J connectivity index is 2.10. The minimum absolute atomic E-state index is 0.449. The van der Waals surface area contributed by atoms with Gasteiger partial charge < -0.3 is 14.8 Å². The Kier molecular flexibility index (Phi) is 5.86. The van der Waals surface area contributed by atoms with Gasteiger partial charge in [0.2, 0.25) is 0 Å². The van der Waals surface area contributed by atoms with Crippen molar-refractivity contribution in [1.29, 1.82) is 0 Å². The number of ether oxygens (including phenoxy) is 2. The summed E-state index contributed by atoms with van der Waals surface area (Å²) in [6, 6.07) is 8.89. The molecule has 3 unspecified atom stereocenters. The van der Waals surface area contributed by atoms with Gasteiger partial charge in [0.05, 0.1) is 6.61 Å². The van der Waals surface area contributed by atoms with E-state index in [9.17, 15) is 0 Å². The van der Waals surface area contributed by atoms with E-state index in [2.05, 4.69) is 37.4 Å². The summed E-state index contributed by atoms with van der Waals surface area (Å²) < 4.78 is 11.1. The predicted octanol–water partition coefficient (Wildman–Crippen LogP) is 3.20. The zero-order valence-corrected chi connectivity index (χ0v) is 12.9. The number of fused-ring (bicyclic) bond motifs is 1. The Morgan fingerprint density at radius 1 is 1.40 bits per heavy atom. The van der Waals surface area contributed by atoms with Crippen LogP contribution < -0.4 is 10.1 Å². The van der Waals surface area contributed by atoms with Crippen LogP contribution in [0.2, 0.25) is 0 Å². The van der Waals surface area contributed by atoms with Gasteiger partial charge in [-0.2, -0.15) is 0 Å². The minimum Gasteiger partial charge on any atom is -0.493 e. The van der Waals surface area contributed by atoms with Gasteiger partial charge in [-0.05, 0) is 31.4 Å². The van der Waals surface area contributed by atoms with Gasteiger partial charge in [-0.3, -0.25) is 0 Å². The summed E-state index contributed by atoms with van der Waals surface area (Å²) in [6.07, 6.45) is 2.24. The lowest BCUT2D eigenvalue weighted by molar-refractivity contribution is 0.161. The normalized spacial score (nSPS) is 20.2. The summed E-state index contributed by atoms with van der Waals surface area (Å²) in [6.45, 7) is 7.19. The number of methoxy groups -OCH3 is 1. The van der Waals surface area contributed by atoms with Crippen molar-refractivity contribution in [2.45, 2.75) is 38.6 Å². The summed E-state index contributed by atoms with van der Waals surface area (Å²) in [5.41, 5.74) is 1.35. The van der Waals surface area contributed by atoms with Crippen LogP contribution in [0, 0.1) is 5.92 Å². The van der Waals surface area contributed by atoms with Crippen LogP contribution in [-0.4, -0.2) is 32.9 Å². The van der Waals surface area contributed by atoms with Crippen LogP contribution in [0.25, 0.3) is 0 Å². The lowest BCUT2D eigenvalue weighted by Gasteiger charge is -2.30. The molecule has 0 spiro atoms. The van der Waals surface area contributed by atoms with E-state index in [1.165, 1.54) is 5.56 Å². The number of para-hydroxylation sites is 1. The molecule has 20 heavy (non-hydrogen) atoms. The van der Waals surface area contributed by atoms with E-state index in [0.29, 0.717) is 17.9 Å². The first-order chi connectivity index (χ1) is 9.77. The highest BCUT2D eigenvalue weighted by molar-refractivity contribution is 5.40.